The maximum atomic E-state index is 12.9. The number of hydrogen-bond acceptors (Lipinski definition) is 6. The monoisotopic (exact) mass is 450 g/mol. The predicted octanol–water partition coefficient (Wildman–Crippen LogP) is 1.14. The summed E-state index contributed by atoms with van der Waals surface area (Å²) in [5.74, 6) is -1.23. The Labute approximate surface area is 176 Å². The summed E-state index contributed by atoms with van der Waals surface area (Å²) in [5, 5.41) is 0. The van der Waals surface area contributed by atoms with E-state index >= 15 is 0 Å². The highest BCUT2D eigenvalue weighted by Crippen LogP contribution is 2.20. The molecule has 0 radical (unpaired) electrons. The lowest BCUT2D eigenvalue weighted by Crippen LogP contribution is -2.50. The number of carbonyl (C=O) groups is 2. The predicted molar refractivity (Wildman–Crippen MR) is 110 cm³/mol. The van der Waals surface area contributed by atoms with E-state index in [9.17, 15) is 26.4 Å². The van der Waals surface area contributed by atoms with Crippen LogP contribution in [-0.2, 0) is 29.6 Å². The molecule has 1 heterocycles. The van der Waals surface area contributed by atoms with Crippen molar-refractivity contribution < 1.29 is 26.4 Å². The first-order valence-electron chi connectivity index (χ1n) is 9.17. The maximum Gasteiger partial charge on any atom is 0.243 e. The molecule has 1 fully saturated rings. The van der Waals surface area contributed by atoms with Crippen LogP contribution in [0.4, 0.5) is 0 Å². The fourth-order valence-electron chi connectivity index (χ4n) is 3.06. The van der Waals surface area contributed by atoms with Crippen molar-refractivity contribution in [2.24, 2.45) is 0 Å². The summed E-state index contributed by atoms with van der Waals surface area (Å²) in [4.78, 5) is 24.9. The van der Waals surface area contributed by atoms with Crippen LogP contribution in [0.25, 0.3) is 0 Å². The normalized spacial score (nSPS) is 17.5. The number of Topliss-reactive ketones (excluding diaryl/α,β-unsaturated/α-hetero) is 2. The number of aryl methyl sites for hydroxylation is 2. The van der Waals surface area contributed by atoms with Crippen molar-refractivity contribution in [3.63, 3.8) is 0 Å². The maximum absolute atomic E-state index is 12.9. The number of hydrogen-bond donors (Lipinski definition) is 0. The molecule has 0 spiro atoms. The van der Waals surface area contributed by atoms with E-state index in [1.54, 1.807) is 24.3 Å². The van der Waals surface area contributed by atoms with E-state index in [0.29, 0.717) is 0 Å². The zero-order chi connectivity index (χ0) is 22.1. The lowest BCUT2D eigenvalue weighted by Gasteiger charge is -2.28. The van der Waals surface area contributed by atoms with E-state index in [1.807, 2.05) is 13.8 Å². The number of nitrogens with zero attached hydrogens (tertiary/aromatic N) is 2. The van der Waals surface area contributed by atoms with Gasteiger partial charge < -0.3 is 0 Å². The molecule has 30 heavy (non-hydrogen) atoms. The van der Waals surface area contributed by atoms with Crippen molar-refractivity contribution in [3.8, 4) is 0 Å². The summed E-state index contributed by atoms with van der Waals surface area (Å²) < 4.78 is 53.1. The number of benzene rings is 2. The van der Waals surface area contributed by atoms with E-state index in [0.717, 1.165) is 19.7 Å². The molecule has 2 aromatic rings. The zero-order valence-electron chi connectivity index (χ0n) is 16.6. The van der Waals surface area contributed by atoms with Gasteiger partial charge in [-0.25, -0.2) is 16.8 Å². The molecule has 1 saturated heterocycles. The van der Waals surface area contributed by atoms with Crippen LogP contribution in [0, 0.1) is 13.8 Å². The number of sulfonamides is 2. The summed E-state index contributed by atoms with van der Waals surface area (Å²) >= 11 is 0. The second kappa shape index (κ2) is 8.38. The standard InChI is InChI=1S/C20H22N2O6S2/c1-15-3-7-19(8-4-15)29(25,26)21-11-17(23)13-22(14-18(24)12-21)30(27,28)20-9-5-16(2)6-10-20/h3-10H,11-14H2,1-2H3. The molecule has 0 bridgehead atoms. The van der Waals surface area contributed by atoms with Gasteiger partial charge >= 0.3 is 0 Å². The largest absolute Gasteiger partial charge is 0.297 e. The van der Waals surface area contributed by atoms with Gasteiger partial charge in [0.1, 0.15) is 0 Å². The summed E-state index contributed by atoms with van der Waals surface area (Å²) in [7, 11) is -8.14. The van der Waals surface area contributed by atoms with Crippen molar-refractivity contribution in [1.82, 2.24) is 8.61 Å². The van der Waals surface area contributed by atoms with Gasteiger partial charge in [-0.05, 0) is 38.1 Å². The molecule has 0 atom stereocenters. The SMILES string of the molecule is Cc1ccc(S(=O)(=O)N2CC(=O)CN(S(=O)(=O)c3ccc(C)cc3)CC(=O)C2)cc1. The number of rotatable bonds is 4. The average molecular weight is 451 g/mol. The minimum atomic E-state index is -4.07. The Morgan fingerprint density at radius 1 is 0.567 bits per heavy atom. The molecule has 1 aliphatic rings. The van der Waals surface area contributed by atoms with Crippen LogP contribution >= 0.6 is 0 Å². The first-order valence-corrected chi connectivity index (χ1v) is 12.1. The summed E-state index contributed by atoms with van der Waals surface area (Å²) in [6.45, 7) is 1.29. The Balaban J connectivity index is 1.86. The molecule has 0 unspecified atom stereocenters. The minimum absolute atomic E-state index is 0.0293. The van der Waals surface area contributed by atoms with Crippen molar-refractivity contribution in [1.29, 1.82) is 0 Å². The average Bonchev–Trinajstić information content (AvgIpc) is 2.66. The van der Waals surface area contributed by atoms with Crippen LogP contribution < -0.4 is 0 Å². The van der Waals surface area contributed by atoms with Gasteiger partial charge in [0.15, 0.2) is 11.6 Å². The molecule has 3 rings (SSSR count). The molecule has 10 heteroatoms. The highest BCUT2D eigenvalue weighted by molar-refractivity contribution is 7.89. The fraction of sp³-hybridized carbons (Fsp3) is 0.300. The zero-order valence-corrected chi connectivity index (χ0v) is 18.2. The van der Waals surface area contributed by atoms with Crippen molar-refractivity contribution in [2.75, 3.05) is 26.2 Å². The number of ketones is 2. The van der Waals surface area contributed by atoms with Gasteiger partial charge in [-0.15, -0.1) is 0 Å². The first kappa shape index (κ1) is 22.3. The lowest BCUT2D eigenvalue weighted by molar-refractivity contribution is -0.124. The van der Waals surface area contributed by atoms with Crippen molar-refractivity contribution >= 4 is 31.6 Å². The Kier molecular flexibility index (Phi) is 6.23. The smallest absolute Gasteiger partial charge is 0.243 e. The van der Waals surface area contributed by atoms with E-state index in [-0.39, 0.29) is 9.79 Å². The van der Waals surface area contributed by atoms with Gasteiger partial charge in [-0.3, -0.25) is 9.59 Å². The van der Waals surface area contributed by atoms with Crippen molar-refractivity contribution in [3.05, 3.63) is 59.7 Å². The molecule has 160 valence electrons. The van der Waals surface area contributed by atoms with Gasteiger partial charge in [0.2, 0.25) is 20.0 Å². The third-order valence-corrected chi connectivity index (χ3v) is 8.34. The lowest BCUT2D eigenvalue weighted by atomic mass is 10.2. The Morgan fingerprint density at radius 3 is 1.10 bits per heavy atom. The molecule has 2 aromatic carbocycles. The Bertz CT molecular complexity index is 1060. The van der Waals surface area contributed by atoms with Crippen molar-refractivity contribution in [2.45, 2.75) is 23.6 Å². The van der Waals surface area contributed by atoms with E-state index in [1.165, 1.54) is 24.3 Å². The molecular weight excluding hydrogens is 428 g/mol. The second-order valence-electron chi connectivity index (χ2n) is 7.25. The van der Waals surface area contributed by atoms with Gasteiger partial charge in [0, 0.05) is 0 Å². The molecule has 1 aliphatic heterocycles. The van der Waals surface area contributed by atoms with Gasteiger partial charge in [0.25, 0.3) is 0 Å². The number of carbonyl (C=O) groups excluding carboxylic acids is 2. The van der Waals surface area contributed by atoms with Crippen LogP contribution in [0.1, 0.15) is 11.1 Å². The second-order valence-corrected chi connectivity index (χ2v) is 11.1. The Hall–Kier alpha value is -2.40. The molecule has 0 aliphatic carbocycles. The molecule has 0 amide bonds. The van der Waals surface area contributed by atoms with Gasteiger partial charge in [-0.1, -0.05) is 35.4 Å². The summed E-state index contributed by atoms with van der Waals surface area (Å²) in [6, 6.07) is 12.1. The highest BCUT2D eigenvalue weighted by atomic mass is 32.2. The van der Waals surface area contributed by atoms with E-state index < -0.39 is 57.8 Å². The molecular formula is C20H22N2O6S2. The van der Waals surface area contributed by atoms with Gasteiger partial charge in [-0.2, -0.15) is 8.61 Å². The molecule has 0 aromatic heterocycles. The van der Waals surface area contributed by atoms with Crippen LogP contribution in [-0.4, -0.2) is 63.2 Å². The Morgan fingerprint density at radius 2 is 0.833 bits per heavy atom. The molecule has 0 N–H and O–H groups in total. The highest BCUT2D eigenvalue weighted by Gasteiger charge is 2.35. The van der Waals surface area contributed by atoms with E-state index in [4.69, 9.17) is 0 Å². The van der Waals surface area contributed by atoms with Crippen LogP contribution in [0.5, 0.6) is 0 Å². The molecule has 0 saturated carbocycles. The van der Waals surface area contributed by atoms with Crippen LogP contribution in [0.3, 0.4) is 0 Å². The first-order chi connectivity index (χ1) is 14.0. The third kappa shape index (κ3) is 4.67. The van der Waals surface area contributed by atoms with Crippen LogP contribution in [0.2, 0.25) is 0 Å². The van der Waals surface area contributed by atoms with E-state index in [2.05, 4.69) is 0 Å². The summed E-state index contributed by atoms with van der Waals surface area (Å²) in [5.41, 5.74) is 1.73. The quantitative estimate of drug-likeness (QED) is 0.691. The molecule has 8 nitrogen and oxygen atoms in total. The minimum Gasteiger partial charge on any atom is -0.297 e. The fourth-order valence-corrected chi connectivity index (χ4v) is 5.87. The van der Waals surface area contributed by atoms with Gasteiger partial charge in [0.05, 0.1) is 36.0 Å². The topological polar surface area (TPSA) is 109 Å². The summed E-state index contributed by atoms with van der Waals surface area (Å²) in [6.07, 6.45) is 0. The van der Waals surface area contributed by atoms with Crippen LogP contribution in [0.15, 0.2) is 58.3 Å². The third-order valence-electron chi connectivity index (χ3n) is 4.73.